The minimum absolute atomic E-state index is 0.0962. The van der Waals surface area contributed by atoms with Gasteiger partial charge in [-0.2, -0.15) is 10.4 Å². The summed E-state index contributed by atoms with van der Waals surface area (Å²) in [6.45, 7) is 9.10. The van der Waals surface area contributed by atoms with Gasteiger partial charge in [-0.15, -0.1) is 0 Å². The van der Waals surface area contributed by atoms with Crippen LogP contribution in [0.1, 0.15) is 57.0 Å². The zero-order valence-corrected chi connectivity index (χ0v) is 20.6. The molecule has 180 valence electrons. The van der Waals surface area contributed by atoms with Crippen LogP contribution in [-0.2, 0) is 4.74 Å². The van der Waals surface area contributed by atoms with E-state index in [9.17, 15) is 10.1 Å². The molecule has 2 aromatic rings. The van der Waals surface area contributed by atoms with Gasteiger partial charge < -0.3 is 24.4 Å². The lowest BCUT2D eigenvalue weighted by Gasteiger charge is -2.24. The van der Waals surface area contributed by atoms with Crippen molar-refractivity contribution in [3.63, 3.8) is 0 Å². The van der Waals surface area contributed by atoms with E-state index in [0.717, 1.165) is 0 Å². The third-order valence-corrected chi connectivity index (χ3v) is 5.20. The largest absolute Gasteiger partial charge is 0.497 e. The van der Waals surface area contributed by atoms with E-state index in [1.54, 1.807) is 42.0 Å². The first kappa shape index (κ1) is 24.8. The number of amides is 1. The van der Waals surface area contributed by atoms with Crippen molar-refractivity contribution in [3.05, 3.63) is 35.0 Å². The van der Waals surface area contributed by atoms with Gasteiger partial charge in [0.1, 0.15) is 34.6 Å². The second kappa shape index (κ2) is 10.4. The molecule has 0 radical (unpaired) electrons. The van der Waals surface area contributed by atoms with Crippen LogP contribution in [0.2, 0.25) is 0 Å². The van der Waals surface area contributed by atoms with Crippen LogP contribution in [0, 0.1) is 23.2 Å². The number of nitriles is 1. The molecule has 9 nitrogen and oxygen atoms in total. The van der Waals surface area contributed by atoms with Crippen molar-refractivity contribution in [2.75, 3.05) is 39.2 Å². The number of nitrogens with zero attached hydrogens (tertiary/aromatic N) is 4. The predicted molar refractivity (Wildman–Crippen MR) is 128 cm³/mol. The summed E-state index contributed by atoms with van der Waals surface area (Å²) in [5.41, 5.74) is 0.863. The van der Waals surface area contributed by atoms with Crippen molar-refractivity contribution >= 4 is 11.9 Å². The molecular weight excluding hydrogens is 434 g/mol. The fourth-order valence-electron chi connectivity index (χ4n) is 3.67. The van der Waals surface area contributed by atoms with Crippen molar-refractivity contribution in [1.29, 1.82) is 5.26 Å². The van der Waals surface area contributed by atoms with Gasteiger partial charge in [0, 0.05) is 31.3 Å². The summed E-state index contributed by atoms with van der Waals surface area (Å²) in [7, 11) is 3.15. The number of anilines is 1. The number of carbonyl (C=O) groups excluding carboxylic acids is 1. The molecule has 1 aromatic carbocycles. The van der Waals surface area contributed by atoms with E-state index in [4.69, 9.17) is 14.2 Å². The van der Waals surface area contributed by atoms with E-state index in [-0.39, 0.29) is 12.1 Å². The molecule has 1 atom stereocenters. The van der Waals surface area contributed by atoms with Gasteiger partial charge >= 0.3 is 6.09 Å². The number of benzene rings is 1. The van der Waals surface area contributed by atoms with Gasteiger partial charge in [-0.1, -0.05) is 5.92 Å². The van der Waals surface area contributed by atoms with Gasteiger partial charge in [0.2, 0.25) is 0 Å². The average Bonchev–Trinajstić information content (AvgIpc) is 3.41. The van der Waals surface area contributed by atoms with Crippen LogP contribution in [0.5, 0.6) is 11.5 Å². The lowest BCUT2D eigenvalue weighted by atomic mass is 10.2. The highest BCUT2D eigenvalue weighted by Crippen LogP contribution is 2.30. The molecule has 1 fully saturated rings. The first-order valence-corrected chi connectivity index (χ1v) is 11.2. The van der Waals surface area contributed by atoms with E-state index in [1.807, 2.05) is 27.7 Å². The zero-order valence-electron chi connectivity index (χ0n) is 20.6. The molecule has 0 bridgehead atoms. The lowest BCUT2D eigenvalue weighted by Crippen LogP contribution is -2.35. The number of aromatic nitrogens is 2. The van der Waals surface area contributed by atoms with Crippen molar-refractivity contribution in [1.82, 2.24) is 14.7 Å². The van der Waals surface area contributed by atoms with Crippen LogP contribution in [0.4, 0.5) is 10.6 Å². The monoisotopic (exact) mass is 465 g/mol. The van der Waals surface area contributed by atoms with Crippen LogP contribution in [0.15, 0.2) is 18.2 Å². The van der Waals surface area contributed by atoms with Crippen molar-refractivity contribution in [3.8, 4) is 29.4 Å². The highest BCUT2D eigenvalue weighted by Gasteiger charge is 2.33. The molecule has 1 aromatic heterocycles. The average molecular weight is 466 g/mol. The first-order valence-electron chi connectivity index (χ1n) is 11.2. The second-order valence-corrected chi connectivity index (χ2v) is 8.88. The SMILES string of the molecule is CCNc1c(C#N)c(C#Cc2cc(OC)cc(OC)c2)nn1C1CCN(C(=O)OC(C)(C)C)C1. The van der Waals surface area contributed by atoms with Crippen molar-refractivity contribution < 1.29 is 19.0 Å². The highest BCUT2D eigenvalue weighted by molar-refractivity contribution is 5.68. The zero-order chi connectivity index (χ0) is 24.9. The van der Waals surface area contributed by atoms with Gasteiger partial charge in [0.25, 0.3) is 0 Å². The Morgan fingerprint density at radius 2 is 1.88 bits per heavy atom. The Kier molecular flexibility index (Phi) is 7.57. The topological polar surface area (TPSA) is 102 Å². The normalized spacial score (nSPS) is 15.2. The summed E-state index contributed by atoms with van der Waals surface area (Å²) in [6, 6.07) is 7.49. The lowest BCUT2D eigenvalue weighted by molar-refractivity contribution is 0.0288. The number of ether oxygens (including phenoxy) is 3. The smallest absolute Gasteiger partial charge is 0.410 e. The summed E-state index contributed by atoms with van der Waals surface area (Å²) in [5.74, 6) is 7.94. The van der Waals surface area contributed by atoms with E-state index in [2.05, 4.69) is 28.3 Å². The maximum absolute atomic E-state index is 12.5. The molecule has 0 aliphatic carbocycles. The summed E-state index contributed by atoms with van der Waals surface area (Å²) < 4.78 is 17.9. The number of methoxy groups -OCH3 is 2. The van der Waals surface area contributed by atoms with Gasteiger partial charge in [0.05, 0.1) is 20.3 Å². The summed E-state index contributed by atoms with van der Waals surface area (Å²) >= 11 is 0. The Hall–Kier alpha value is -3.85. The van der Waals surface area contributed by atoms with Crippen molar-refractivity contribution in [2.45, 2.75) is 45.8 Å². The molecule has 1 aliphatic heterocycles. The van der Waals surface area contributed by atoms with Gasteiger partial charge in [0.15, 0.2) is 5.69 Å². The van der Waals surface area contributed by atoms with E-state index in [0.29, 0.717) is 60.2 Å². The summed E-state index contributed by atoms with van der Waals surface area (Å²) in [4.78, 5) is 14.2. The molecule has 1 unspecified atom stereocenters. The Balaban J connectivity index is 1.92. The van der Waals surface area contributed by atoms with Crippen LogP contribution in [0.3, 0.4) is 0 Å². The Morgan fingerprint density at radius 3 is 2.44 bits per heavy atom. The van der Waals surface area contributed by atoms with Crippen LogP contribution in [-0.4, -0.2) is 60.2 Å². The fraction of sp³-hybridized carbons (Fsp3) is 0.480. The van der Waals surface area contributed by atoms with E-state index in [1.165, 1.54) is 0 Å². The van der Waals surface area contributed by atoms with E-state index < -0.39 is 5.60 Å². The maximum atomic E-state index is 12.5. The molecule has 3 rings (SSSR count). The molecule has 1 N–H and O–H groups in total. The standard InChI is InChI=1S/C25H31N5O4/c1-7-27-23-21(15-26)22(9-8-17-12-19(32-5)14-20(13-17)33-6)28-30(23)18-10-11-29(16-18)24(31)34-25(2,3)4/h12-14,18,27H,7,10-11,16H2,1-6H3. The first-order chi connectivity index (χ1) is 16.2. The quantitative estimate of drug-likeness (QED) is 0.671. The van der Waals surface area contributed by atoms with Gasteiger partial charge in [-0.25, -0.2) is 9.48 Å². The molecule has 34 heavy (non-hydrogen) atoms. The predicted octanol–water partition coefficient (Wildman–Crippen LogP) is 3.79. The molecule has 9 heteroatoms. The molecule has 1 amide bonds. The minimum atomic E-state index is -0.560. The summed E-state index contributed by atoms with van der Waals surface area (Å²) in [6.07, 6.45) is 0.351. The Bertz CT molecular complexity index is 1120. The molecule has 1 saturated heterocycles. The number of hydrogen-bond donors (Lipinski definition) is 1. The number of hydrogen-bond acceptors (Lipinski definition) is 7. The maximum Gasteiger partial charge on any atom is 0.410 e. The second-order valence-electron chi connectivity index (χ2n) is 8.88. The highest BCUT2D eigenvalue weighted by atomic mass is 16.6. The molecule has 0 spiro atoms. The summed E-state index contributed by atoms with van der Waals surface area (Å²) in [5, 5.41) is 17.8. The van der Waals surface area contributed by atoms with Crippen LogP contribution < -0.4 is 14.8 Å². The minimum Gasteiger partial charge on any atom is -0.497 e. The number of carbonyl (C=O) groups is 1. The number of likely N-dealkylation sites (tertiary alicyclic amines) is 1. The number of nitrogens with one attached hydrogen (secondary N) is 1. The Morgan fingerprint density at radius 1 is 1.21 bits per heavy atom. The molecule has 2 heterocycles. The molecule has 0 saturated carbocycles. The van der Waals surface area contributed by atoms with E-state index >= 15 is 0 Å². The van der Waals surface area contributed by atoms with Crippen molar-refractivity contribution in [2.24, 2.45) is 0 Å². The third-order valence-electron chi connectivity index (χ3n) is 5.20. The van der Waals surface area contributed by atoms with Crippen LogP contribution in [0.25, 0.3) is 0 Å². The van der Waals surface area contributed by atoms with Crippen LogP contribution >= 0.6 is 0 Å². The molecule has 1 aliphatic rings. The number of rotatable bonds is 5. The third kappa shape index (κ3) is 5.74. The Labute approximate surface area is 200 Å². The van der Waals surface area contributed by atoms with Gasteiger partial charge in [-0.3, -0.25) is 0 Å². The molecular formula is C25H31N5O4. The fourth-order valence-corrected chi connectivity index (χ4v) is 3.67. The van der Waals surface area contributed by atoms with Gasteiger partial charge in [-0.05, 0) is 52.2 Å².